The van der Waals surface area contributed by atoms with Crippen LogP contribution in [0.3, 0.4) is 0 Å². The lowest BCUT2D eigenvalue weighted by atomic mass is 9.80. The molecule has 0 aromatic carbocycles. The van der Waals surface area contributed by atoms with Gasteiger partial charge in [0.1, 0.15) is 5.41 Å². The second-order valence-corrected chi connectivity index (χ2v) is 3.85. The zero-order valence-electron chi connectivity index (χ0n) is 7.91. The highest BCUT2D eigenvalue weighted by molar-refractivity contribution is 5.87. The highest BCUT2D eigenvalue weighted by atomic mass is 16.7. The topological polar surface area (TPSA) is 72.8 Å². The van der Waals surface area contributed by atoms with E-state index in [1.807, 2.05) is 0 Å². The molecular weight excluding hydrogens is 188 g/mol. The van der Waals surface area contributed by atoms with Crippen LogP contribution in [0.15, 0.2) is 0 Å². The fourth-order valence-electron chi connectivity index (χ4n) is 2.58. The smallest absolute Gasteiger partial charge is 0.316 e. The third-order valence-electron chi connectivity index (χ3n) is 3.30. The van der Waals surface area contributed by atoms with Crippen LogP contribution in [0.2, 0.25) is 0 Å². The minimum absolute atomic E-state index is 0.0732. The van der Waals surface area contributed by atoms with Crippen molar-refractivity contribution in [1.29, 1.82) is 0 Å². The molecule has 2 rings (SSSR count). The van der Waals surface area contributed by atoms with Crippen molar-refractivity contribution in [3.8, 4) is 0 Å². The van der Waals surface area contributed by atoms with Crippen LogP contribution in [0.4, 0.5) is 0 Å². The first-order valence-corrected chi connectivity index (χ1v) is 4.57. The van der Waals surface area contributed by atoms with Gasteiger partial charge < -0.3 is 14.6 Å². The molecule has 78 valence electrons. The van der Waals surface area contributed by atoms with Crippen molar-refractivity contribution in [1.82, 2.24) is 0 Å². The van der Waals surface area contributed by atoms with Gasteiger partial charge in [0.05, 0.1) is 6.42 Å². The number of ether oxygens (including phenoxy) is 2. The molecule has 14 heavy (non-hydrogen) atoms. The van der Waals surface area contributed by atoms with Gasteiger partial charge in [0, 0.05) is 13.5 Å². The first-order valence-electron chi connectivity index (χ1n) is 4.57. The van der Waals surface area contributed by atoms with Gasteiger partial charge in [-0.05, 0) is 12.8 Å². The number of methoxy groups -OCH3 is 1. The molecule has 1 aliphatic heterocycles. The van der Waals surface area contributed by atoms with Gasteiger partial charge in [0.25, 0.3) is 0 Å². The number of carboxylic acid groups (broad SMARTS) is 1. The molecule has 1 N–H and O–H groups in total. The number of rotatable bonds is 2. The highest BCUT2D eigenvalue weighted by Crippen LogP contribution is 2.56. The van der Waals surface area contributed by atoms with Crippen molar-refractivity contribution in [2.45, 2.75) is 31.5 Å². The quantitative estimate of drug-likeness (QED) is 0.658. The molecule has 0 amide bonds. The normalized spacial score (nSPS) is 40.8. The summed E-state index contributed by atoms with van der Waals surface area (Å²) in [5.74, 6) is -2.69. The van der Waals surface area contributed by atoms with Crippen LogP contribution >= 0.6 is 0 Å². The first kappa shape index (κ1) is 9.45. The number of carbonyl (C=O) groups is 2. The molecule has 2 fully saturated rings. The van der Waals surface area contributed by atoms with E-state index in [2.05, 4.69) is 0 Å². The molecule has 0 radical (unpaired) electrons. The Labute approximate surface area is 81.0 Å². The number of esters is 1. The summed E-state index contributed by atoms with van der Waals surface area (Å²) in [5, 5.41) is 9.18. The average Bonchev–Trinajstić information content (AvgIpc) is 2.56. The average molecular weight is 200 g/mol. The van der Waals surface area contributed by atoms with E-state index in [1.54, 1.807) is 0 Å². The highest BCUT2D eigenvalue weighted by Gasteiger charge is 2.68. The van der Waals surface area contributed by atoms with Gasteiger partial charge in [-0.15, -0.1) is 0 Å². The van der Waals surface area contributed by atoms with Crippen molar-refractivity contribution >= 4 is 11.9 Å². The molecule has 1 saturated heterocycles. The molecule has 0 bridgehead atoms. The van der Waals surface area contributed by atoms with Crippen LogP contribution in [0.5, 0.6) is 0 Å². The molecular formula is C9H12O5. The third-order valence-corrected chi connectivity index (χ3v) is 3.30. The number of hydrogen-bond acceptors (Lipinski definition) is 4. The lowest BCUT2D eigenvalue weighted by Gasteiger charge is -2.32. The Morgan fingerprint density at radius 2 is 2.29 bits per heavy atom. The van der Waals surface area contributed by atoms with Gasteiger partial charge in [-0.1, -0.05) is 0 Å². The molecule has 1 unspecified atom stereocenters. The Bertz CT molecular complexity index is 300. The summed E-state index contributed by atoms with van der Waals surface area (Å²) >= 11 is 0. The van der Waals surface area contributed by atoms with Gasteiger partial charge >= 0.3 is 11.9 Å². The largest absolute Gasteiger partial charge is 0.481 e. The summed E-state index contributed by atoms with van der Waals surface area (Å²) in [7, 11) is 1.39. The summed E-state index contributed by atoms with van der Waals surface area (Å²) in [6.45, 7) is 0. The molecule has 5 heteroatoms. The van der Waals surface area contributed by atoms with Gasteiger partial charge in [0.2, 0.25) is 5.79 Å². The molecule has 0 spiro atoms. The molecule has 1 heterocycles. The molecule has 5 nitrogen and oxygen atoms in total. The van der Waals surface area contributed by atoms with E-state index < -0.39 is 23.1 Å². The van der Waals surface area contributed by atoms with Gasteiger partial charge in [0.15, 0.2) is 0 Å². The summed E-state index contributed by atoms with van der Waals surface area (Å²) in [4.78, 5) is 22.4. The molecule has 0 aromatic heterocycles. The molecule has 0 aromatic rings. The maximum absolute atomic E-state index is 11.2. The second-order valence-electron chi connectivity index (χ2n) is 3.85. The first-order chi connectivity index (χ1) is 6.56. The number of hydrogen-bond donors (Lipinski definition) is 1. The standard InChI is InChI=1S/C9H12O5/c1-13-9-4-2-3-8(9,7(11)12)5-6(10)14-9/h2-5H2,1H3,(H,11,12)/t8?,9-/m0/s1. The second kappa shape index (κ2) is 2.70. The van der Waals surface area contributed by atoms with Crippen LogP contribution in [0, 0.1) is 5.41 Å². The van der Waals surface area contributed by atoms with Crippen molar-refractivity contribution in [3.63, 3.8) is 0 Å². The molecule has 2 aliphatic rings. The van der Waals surface area contributed by atoms with Crippen LogP contribution in [-0.2, 0) is 19.1 Å². The lowest BCUT2D eigenvalue weighted by molar-refractivity contribution is -0.232. The summed E-state index contributed by atoms with van der Waals surface area (Å²) in [5.41, 5.74) is -1.15. The zero-order chi connectivity index (χ0) is 10.4. The van der Waals surface area contributed by atoms with E-state index in [0.29, 0.717) is 19.3 Å². The Hall–Kier alpha value is -1.10. The van der Waals surface area contributed by atoms with Gasteiger partial charge in [-0.25, -0.2) is 0 Å². The number of carboxylic acids is 1. The van der Waals surface area contributed by atoms with Crippen LogP contribution in [-0.4, -0.2) is 29.9 Å². The number of aliphatic carboxylic acids is 1. The van der Waals surface area contributed by atoms with Crippen molar-refractivity contribution < 1.29 is 24.2 Å². The molecule has 2 atom stereocenters. The Morgan fingerprint density at radius 3 is 2.79 bits per heavy atom. The predicted molar refractivity (Wildman–Crippen MR) is 44.4 cm³/mol. The van der Waals surface area contributed by atoms with Crippen molar-refractivity contribution in [3.05, 3.63) is 0 Å². The zero-order valence-corrected chi connectivity index (χ0v) is 7.91. The minimum Gasteiger partial charge on any atom is -0.481 e. The van der Waals surface area contributed by atoms with E-state index >= 15 is 0 Å². The van der Waals surface area contributed by atoms with Crippen LogP contribution in [0.1, 0.15) is 25.7 Å². The Balaban J connectivity index is 2.45. The van der Waals surface area contributed by atoms with E-state index in [0.717, 1.165) is 0 Å². The van der Waals surface area contributed by atoms with Gasteiger partial charge in [-0.3, -0.25) is 9.59 Å². The summed E-state index contributed by atoms with van der Waals surface area (Å²) in [6, 6.07) is 0. The SMILES string of the molecule is CO[C@]12CCCC1(C(=O)O)CC(=O)O2. The van der Waals surface area contributed by atoms with Gasteiger partial charge in [-0.2, -0.15) is 0 Å². The van der Waals surface area contributed by atoms with Crippen molar-refractivity contribution in [2.24, 2.45) is 5.41 Å². The lowest BCUT2D eigenvalue weighted by Crippen LogP contribution is -2.47. The fourth-order valence-corrected chi connectivity index (χ4v) is 2.58. The predicted octanol–water partition coefficient (Wildman–Crippen LogP) is 0.531. The fraction of sp³-hybridized carbons (Fsp3) is 0.778. The monoisotopic (exact) mass is 200 g/mol. The van der Waals surface area contributed by atoms with Crippen LogP contribution in [0.25, 0.3) is 0 Å². The van der Waals surface area contributed by atoms with E-state index in [9.17, 15) is 14.7 Å². The van der Waals surface area contributed by atoms with E-state index in [4.69, 9.17) is 9.47 Å². The summed E-state index contributed by atoms with van der Waals surface area (Å²) in [6.07, 6.45) is 1.56. The maximum Gasteiger partial charge on any atom is 0.316 e. The Kier molecular flexibility index (Phi) is 1.82. The van der Waals surface area contributed by atoms with Crippen molar-refractivity contribution in [2.75, 3.05) is 7.11 Å². The van der Waals surface area contributed by atoms with E-state index in [1.165, 1.54) is 7.11 Å². The van der Waals surface area contributed by atoms with E-state index in [-0.39, 0.29) is 6.42 Å². The number of fused-ring (bicyclic) bond motifs is 1. The maximum atomic E-state index is 11.2. The third kappa shape index (κ3) is 0.877. The summed E-state index contributed by atoms with van der Waals surface area (Å²) < 4.78 is 10.2. The number of carbonyl (C=O) groups excluding carboxylic acids is 1. The minimum atomic E-state index is -1.21. The van der Waals surface area contributed by atoms with Crippen LogP contribution < -0.4 is 0 Å². The Morgan fingerprint density at radius 1 is 1.57 bits per heavy atom. The molecule has 1 aliphatic carbocycles. The molecule has 1 saturated carbocycles.